The second kappa shape index (κ2) is 7.75. The van der Waals surface area contributed by atoms with Crippen molar-refractivity contribution in [3.05, 3.63) is 60.2 Å². The summed E-state index contributed by atoms with van der Waals surface area (Å²) in [6, 6.07) is 17.0. The monoisotopic (exact) mass is 286 g/mol. The molecule has 0 saturated carbocycles. The zero-order valence-corrected chi connectivity index (χ0v) is 12.1. The highest BCUT2D eigenvalue weighted by Gasteiger charge is 2.09. The SMILES string of the molecule is O=C(CCCCSc1ccccc1)c1ccccc1O. The molecular weight excluding hydrogens is 268 g/mol. The van der Waals surface area contributed by atoms with Crippen molar-refractivity contribution in [3.8, 4) is 5.75 Å². The van der Waals surface area contributed by atoms with Gasteiger partial charge < -0.3 is 5.11 Å². The number of hydrogen-bond donors (Lipinski definition) is 1. The third kappa shape index (κ3) is 4.42. The molecule has 20 heavy (non-hydrogen) atoms. The molecule has 0 unspecified atom stereocenters. The summed E-state index contributed by atoms with van der Waals surface area (Å²) in [6.07, 6.45) is 2.35. The number of carbonyl (C=O) groups excluding carboxylic acids is 1. The number of phenols is 1. The molecule has 0 aromatic heterocycles. The topological polar surface area (TPSA) is 37.3 Å². The molecule has 0 aliphatic heterocycles. The zero-order chi connectivity index (χ0) is 14.2. The maximum Gasteiger partial charge on any atom is 0.166 e. The summed E-state index contributed by atoms with van der Waals surface area (Å²) in [4.78, 5) is 13.2. The lowest BCUT2D eigenvalue weighted by Gasteiger charge is -2.04. The van der Waals surface area contributed by atoms with Crippen LogP contribution in [-0.2, 0) is 0 Å². The van der Waals surface area contributed by atoms with E-state index in [4.69, 9.17) is 0 Å². The Bertz CT molecular complexity index is 552. The van der Waals surface area contributed by atoms with Crippen LogP contribution in [0.5, 0.6) is 5.75 Å². The molecule has 0 saturated heterocycles. The van der Waals surface area contributed by atoms with E-state index in [1.165, 1.54) is 4.90 Å². The molecule has 0 fully saturated rings. The smallest absolute Gasteiger partial charge is 0.166 e. The Labute approximate surface area is 123 Å². The lowest BCUT2D eigenvalue weighted by atomic mass is 10.1. The Morgan fingerprint density at radius 3 is 2.40 bits per heavy atom. The molecule has 0 aliphatic rings. The summed E-state index contributed by atoms with van der Waals surface area (Å²) >= 11 is 1.81. The van der Waals surface area contributed by atoms with Gasteiger partial charge in [-0.2, -0.15) is 0 Å². The van der Waals surface area contributed by atoms with Crippen molar-refractivity contribution < 1.29 is 9.90 Å². The minimum Gasteiger partial charge on any atom is -0.507 e. The Morgan fingerprint density at radius 2 is 1.65 bits per heavy atom. The van der Waals surface area contributed by atoms with Crippen LogP contribution >= 0.6 is 11.8 Å². The fourth-order valence-corrected chi connectivity index (χ4v) is 2.87. The molecule has 3 heteroatoms. The molecule has 1 N–H and O–H groups in total. The van der Waals surface area contributed by atoms with E-state index in [1.807, 2.05) is 30.0 Å². The lowest BCUT2D eigenvalue weighted by molar-refractivity contribution is 0.0977. The minimum absolute atomic E-state index is 0.0211. The van der Waals surface area contributed by atoms with Crippen molar-refractivity contribution in [1.82, 2.24) is 0 Å². The van der Waals surface area contributed by atoms with E-state index >= 15 is 0 Å². The molecule has 2 rings (SSSR count). The Hall–Kier alpha value is -1.74. The average molecular weight is 286 g/mol. The van der Waals surface area contributed by atoms with E-state index < -0.39 is 0 Å². The predicted octanol–water partition coefficient (Wildman–Crippen LogP) is 4.54. The molecule has 0 radical (unpaired) electrons. The number of thioether (sulfide) groups is 1. The zero-order valence-electron chi connectivity index (χ0n) is 11.3. The highest BCUT2D eigenvalue weighted by atomic mass is 32.2. The fourth-order valence-electron chi connectivity index (χ4n) is 1.94. The number of unbranched alkanes of at least 4 members (excludes halogenated alkanes) is 1. The first-order valence-electron chi connectivity index (χ1n) is 6.76. The number of benzene rings is 2. The van der Waals surface area contributed by atoms with E-state index in [1.54, 1.807) is 24.3 Å². The first-order chi connectivity index (χ1) is 9.77. The number of carbonyl (C=O) groups is 1. The Balaban J connectivity index is 1.69. The summed E-state index contributed by atoms with van der Waals surface area (Å²) in [7, 11) is 0. The molecular formula is C17H18O2S. The first-order valence-corrected chi connectivity index (χ1v) is 7.75. The molecule has 0 amide bonds. The van der Waals surface area contributed by atoms with Crippen molar-refractivity contribution >= 4 is 17.5 Å². The second-order valence-electron chi connectivity index (χ2n) is 4.56. The molecule has 0 aliphatic carbocycles. The van der Waals surface area contributed by atoms with Gasteiger partial charge in [0.25, 0.3) is 0 Å². The summed E-state index contributed by atoms with van der Waals surface area (Å²) in [5.41, 5.74) is 0.434. The molecule has 2 nitrogen and oxygen atoms in total. The van der Waals surface area contributed by atoms with Crippen LogP contribution in [0, 0.1) is 0 Å². The molecule has 0 bridgehead atoms. The lowest BCUT2D eigenvalue weighted by Crippen LogP contribution is -1.99. The van der Waals surface area contributed by atoms with Crippen molar-refractivity contribution in [3.63, 3.8) is 0 Å². The first kappa shape index (κ1) is 14.7. The Kier molecular flexibility index (Phi) is 5.69. The van der Waals surface area contributed by atoms with Crippen molar-refractivity contribution in [2.45, 2.75) is 24.2 Å². The van der Waals surface area contributed by atoms with Gasteiger partial charge >= 0.3 is 0 Å². The van der Waals surface area contributed by atoms with Crippen molar-refractivity contribution in [1.29, 1.82) is 0 Å². The molecule has 2 aromatic carbocycles. The van der Waals surface area contributed by atoms with Crippen molar-refractivity contribution in [2.75, 3.05) is 5.75 Å². The van der Waals surface area contributed by atoms with Crippen LogP contribution < -0.4 is 0 Å². The molecule has 0 spiro atoms. The number of Topliss-reactive ketones (excluding diaryl/α,β-unsaturated/α-hetero) is 1. The van der Waals surface area contributed by atoms with Crippen LogP contribution in [0.2, 0.25) is 0 Å². The second-order valence-corrected chi connectivity index (χ2v) is 5.73. The van der Waals surface area contributed by atoms with Crippen LogP contribution in [0.15, 0.2) is 59.5 Å². The molecule has 0 heterocycles. The Morgan fingerprint density at radius 1 is 0.950 bits per heavy atom. The highest BCUT2D eigenvalue weighted by Crippen LogP contribution is 2.21. The van der Waals surface area contributed by atoms with Gasteiger partial charge in [0, 0.05) is 11.3 Å². The summed E-state index contributed by atoms with van der Waals surface area (Å²) in [6.45, 7) is 0. The van der Waals surface area contributed by atoms with Crippen LogP contribution in [0.25, 0.3) is 0 Å². The highest BCUT2D eigenvalue weighted by molar-refractivity contribution is 7.99. The van der Waals surface area contributed by atoms with E-state index in [-0.39, 0.29) is 11.5 Å². The third-order valence-corrected chi connectivity index (χ3v) is 4.11. The maximum atomic E-state index is 11.9. The quantitative estimate of drug-likeness (QED) is 0.461. The standard InChI is InChI=1S/C17H18O2S/c18-16-11-5-4-10-15(16)17(19)12-6-7-13-20-14-8-2-1-3-9-14/h1-5,8-11,18H,6-7,12-13H2. The molecule has 104 valence electrons. The summed E-state index contributed by atoms with van der Waals surface area (Å²) in [5.74, 6) is 1.11. The van der Waals surface area contributed by atoms with Gasteiger partial charge in [-0.1, -0.05) is 30.3 Å². The van der Waals surface area contributed by atoms with Crippen LogP contribution in [0.1, 0.15) is 29.6 Å². The van der Waals surface area contributed by atoms with Gasteiger partial charge in [-0.3, -0.25) is 4.79 Å². The summed E-state index contributed by atoms with van der Waals surface area (Å²) in [5, 5.41) is 9.61. The van der Waals surface area contributed by atoms with E-state index in [0.29, 0.717) is 12.0 Å². The van der Waals surface area contributed by atoms with Crippen LogP contribution in [-0.4, -0.2) is 16.6 Å². The number of rotatable bonds is 7. The van der Waals surface area contributed by atoms with E-state index in [9.17, 15) is 9.90 Å². The van der Waals surface area contributed by atoms with Gasteiger partial charge in [0.1, 0.15) is 5.75 Å². The van der Waals surface area contributed by atoms with Crippen LogP contribution in [0.4, 0.5) is 0 Å². The fraction of sp³-hybridized carbons (Fsp3) is 0.235. The number of phenolic OH excluding ortho intramolecular Hbond substituents is 1. The average Bonchev–Trinajstić information content (AvgIpc) is 2.48. The number of ketones is 1. The normalized spacial score (nSPS) is 10.4. The van der Waals surface area contributed by atoms with Crippen LogP contribution in [0.3, 0.4) is 0 Å². The number of para-hydroxylation sites is 1. The maximum absolute atomic E-state index is 11.9. The van der Waals surface area contributed by atoms with Gasteiger partial charge in [0.2, 0.25) is 0 Å². The third-order valence-electron chi connectivity index (χ3n) is 3.01. The van der Waals surface area contributed by atoms with Gasteiger partial charge in [-0.05, 0) is 42.9 Å². The molecule has 0 atom stereocenters. The minimum atomic E-state index is 0.0211. The van der Waals surface area contributed by atoms with Gasteiger partial charge in [-0.15, -0.1) is 11.8 Å². The van der Waals surface area contributed by atoms with E-state index in [2.05, 4.69) is 12.1 Å². The van der Waals surface area contributed by atoms with Gasteiger partial charge in [0.15, 0.2) is 5.78 Å². The predicted molar refractivity (Wildman–Crippen MR) is 83.5 cm³/mol. The van der Waals surface area contributed by atoms with E-state index in [0.717, 1.165) is 18.6 Å². The summed E-state index contributed by atoms with van der Waals surface area (Å²) < 4.78 is 0. The van der Waals surface area contributed by atoms with Crippen molar-refractivity contribution in [2.24, 2.45) is 0 Å². The van der Waals surface area contributed by atoms with Gasteiger partial charge in [0.05, 0.1) is 5.56 Å². The largest absolute Gasteiger partial charge is 0.507 e. The molecule has 2 aromatic rings. The number of aromatic hydroxyl groups is 1. The van der Waals surface area contributed by atoms with Gasteiger partial charge in [-0.25, -0.2) is 0 Å². The number of hydrogen-bond acceptors (Lipinski definition) is 3.